The maximum absolute atomic E-state index is 12.2. The van der Waals surface area contributed by atoms with Crippen LogP contribution in [0.15, 0.2) is 24.3 Å². The Hall–Kier alpha value is -1.45. The van der Waals surface area contributed by atoms with Crippen LogP contribution in [0.4, 0.5) is 5.69 Å². The highest BCUT2D eigenvalue weighted by molar-refractivity contribution is 6.35. The van der Waals surface area contributed by atoms with E-state index in [-0.39, 0.29) is 12.3 Å². The van der Waals surface area contributed by atoms with E-state index in [1.165, 1.54) is 0 Å². The first-order valence-electron chi connectivity index (χ1n) is 6.25. The fourth-order valence-electron chi connectivity index (χ4n) is 2.04. The van der Waals surface area contributed by atoms with E-state index in [4.69, 9.17) is 23.2 Å². The molecule has 0 spiro atoms. The van der Waals surface area contributed by atoms with E-state index in [1.54, 1.807) is 18.2 Å². The Morgan fingerprint density at radius 3 is 2.55 bits per heavy atom. The van der Waals surface area contributed by atoms with E-state index >= 15 is 0 Å². The summed E-state index contributed by atoms with van der Waals surface area (Å²) in [7, 11) is 1.95. The van der Waals surface area contributed by atoms with Gasteiger partial charge in [0.2, 0.25) is 0 Å². The lowest BCUT2D eigenvalue weighted by Crippen LogP contribution is -2.15. The predicted octanol–water partition coefficient (Wildman–Crippen LogP) is 4.24. The summed E-state index contributed by atoms with van der Waals surface area (Å²) in [6, 6.07) is 7.02. The van der Waals surface area contributed by atoms with Crippen molar-refractivity contribution in [2.75, 3.05) is 11.9 Å². The standard InChI is InChI=1S/C15H16Cl2N2O/c1-9-6-12(10(2)19(9)3)15(20)8-18-14-7-11(16)4-5-13(14)17/h4-7,18H,8H2,1-3H3. The number of nitrogens with zero attached hydrogens (tertiary/aromatic N) is 1. The smallest absolute Gasteiger partial charge is 0.183 e. The van der Waals surface area contributed by atoms with E-state index < -0.39 is 0 Å². The summed E-state index contributed by atoms with van der Waals surface area (Å²) >= 11 is 12.0. The molecule has 1 aromatic carbocycles. The van der Waals surface area contributed by atoms with Crippen molar-refractivity contribution in [3.63, 3.8) is 0 Å². The number of aryl methyl sites for hydroxylation is 1. The van der Waals surface area contributed by atoms with E-state index in [9.17, 15) is 4.79 Å². The first-order chi connectivity index (χ1) is 9.40. The molecule has 0 bridgehead atoms. The quantitative estimate of drug-likeness (QED) is 0.857. The van der Waals surface area contributed by atoms with Crippen molar-refractivity contribution in [1.82, 2.24) is 4.57 Å². The van der Waals surface area contributed by atoms with Gasteiger partial charge in [-0.3, -0.25) is 4.79 Å². The van der Waals surface area contributed by atoms with Gasteiger partial charge in [0.25, 0.3) is 0 Å². The highest BCUT2D eigenvalue weighted by atomic mass is 35.5. The second-order valence-corrected chi connectivity index (χ2v) is 5.59. The molecular formula is C15H16Cl2N2O. The third kappa shape index (κ3) is 3.00. The van der Waals surface area contributed by atoms with Crippen LogP contribution in [-0.2, 0) is 7.05 Å². The molecule has 0 saturated carbocycles. The fraction of sp³-hybridized carbons (Fsp3) is 0.267. The molecule has 1 heterocycles. The molecule has 1 N–H and O–H groups in total. The minimum atomic E-state index is 0.0299. The number of hydrogen-bond acceptors (Lipinski definition) is 2. The molecule has 2 rings (SSSR count). The van der Waals surface area contributed by atoms with Crippen LogP contribution in [-0.4, -0.2) is 16.9 Å². The van der Waals surface area contributed by atoms with Gasteiger partial charge in [-0.05, 0) is 38.1 Å². The lowest BCUT2D eigenvalue weighted by atomic mass is 10.1. The number of anilines is 1. The van der Waals surface area contributed by atoms with Crippen molar-refractivity contribution >= 4 is 34.7 Å². The maximum Gasteiger partial charge on any atom is 0.183 e. The largest absolute Gasteiger partial charge is 0.376 e. The summed E-state index contributed by atoms with van der Waals surface area (Å²) in [5, 5.41) is 4.16. The van der Waals surface area contributed by atoms with Gasteiger partial charge in [0.15, 0.2) is 5.78 Å². The fourth-order valence-corrected chi connectivity index (χ4v) is 2.40. The first kappa shape index (κ1) is 14.9. The predicted molar refractivity (Wildman–Crippen MR) is 84.2 cm³/mol. The average molecular weight is 311 g/mol. The molecule has 0 radical (unpaired) electrons. The summed E-state index contributed by atoms with van der Waals surface area (Å²) in [6.45, 7) is 4.10. The Morgan fingerprint density at radius 1 is 1.25 bits per heavy atom. The van der Waals surface area contributed by atoms with Crippen molar-refractivity contribution < 1.29 is 4.79 Å². The number of halogens is 2. The number of carbonyl (C=O) groups is 1. The highest BCUT2D eigenvalue weighted by Gasteiger charge is 2.14. The Balaban J connectivity index is 2.12. The molecule has 106 valence electrons. The first-order valence-corrected chi connectivity index (χ1v) is 7.00. The van der Waals surface area contributed by atoms with E-state index in [0.717, 1.165) is 17.0 Å². The van der Waals surface area contributed by atoms with Crippen LogP contribution in [0, 0.1) is 13.8 Å². The Labute approximate surface area is 128 Å². The number of benzene rings is 1. The molecule has 0 amide bonds. The van der Waals surface area contributed by atoms with Gasteiger partial charge in [-0.2, -0.15) is 0 Å². The molecule has 2 aromatic rings. The lowest BCUT2D eigenvalue weighted by Gasteiger charge is -2.08. The average Bonchev–Trinajstić information content (AvgIpc) is 2.67. The zero-order valence-electron chi connectivity index (χ0n) is 11.6. The topological polar surface area (TPSA) is 34.0 Å². The van der Waals surface area contributed by atoms with Crippen molar-refractivity contribution in [2.45, 2.75) is 13.8 Å². The Morgan fingerprint density at radius 2 is 1.95 bits per heavy atom. The van der Waals surface area contributed by atoms with Crippen LogP contribution < -0.4 is 5.32 Å². The molecule has 0 aliphatic rings. The molecule has 1 aromatic heterocycles. The molecule has 0 aliphatic carbocycles. The van der Waals surface area contributed by atoms with Gasteiger partial charge < -0.3 is 9.88 Å². The summed E-state index contributed by atoms with van der Waals surface area (Å²) < 4.78 is 2.00. The number of nitrogens with one attached hydrogen (secondary N) is 1. The molecule has 3 nitrogen and oxygen atoms in total. The minimum Gasteiger partial charge on any atom is -0.376 e. The molecule has 0 fully saturated rings. The van der Waals surface area contributed by atoms with Gasteiger partial charge in [0.1, 0.15) is 0 Å². The lowest BCUT2D eigenvalue weighted by molar-refractivity contribution is 0.101. The Bertz CT molecular complexity index is 662. The molecule has 5 heteroatoms. The number of ketones is 1. The van der Waals surface area contributed by atoms with Gasteiger partial charge in [0, 0.05) is 29.0 Å². The number of rotatable bonds is 4. The van der Waals surface area contributed by atoms with E-state index in [0.29, 0.717) is 15.7 Å². The normalized spacial score (nSPS) is 10.7. The molecule has 0 aliphatic heterocycles. The molecule has 0 unspecified atom stereocenters. The van der Waals surface area contributed by atoms with Gasteiger partial charge in [-0.25, -0.2) is 0 Å². The van der Waals surface area contributed by atoms with Gasteiger partial charge in [-0.1, -0.05) is 23.2 Å². The van der Waals surface area contributed by atoms with Crippen LogP contribution in [0.25, 0.3) is 0 Å². The van der Waals surface area contributed by atoms with Gasteiger partial charge in [0.05, 0.1) is 17.3 Å². The van der Waals surface area contributed by atoms with Crippen molar-refractivity contribution in [1.29, 1.82) is 0 Å². The maximum atomic E-state index is 12.2. The van der Waals surface area contributed by atoms with Gasteiger partial charge >= 0.3 is 0 Å². The van der Waals surface area contributed by atoms with Crippen LogP contribution in [0.1, 0.15) is 21.7 Å². The van der Waals surface area contributed by atoms with Crippen molar-refractivity contribution in [2.24, 2.45) is 7.05 Å². The Kier molecular flexibility index (Phi) is 4.41. The van der Waals surface area contributed by atoms with Crippen LogP contribution in [0.5, 0.6) is 0 Å². The van der Waals surface area contributed by atoms with Crippen molar-refractivity contribution in [3.05, 3.63) is 51.3 Å². The molecule has 20 heavy (non-hydrogen) atoms. The molecule has 0 saturated heterocycles. The zero-order chi connectivity index (χ0) is 14.9. The van der Waals surface area contributed by atoms with Crippen LogP contribution >= 0.6 is 23.2 Å². The van der Waals surface area contributed by atoms with E-state index in [1.807, 2.05) is 31.5 Å². The second kappa shape index (κ2) is 5.90. The number of aromatic nitrogens is 1. The van der Waals surface area contributed by atoms with Crippen LogP contribution in [0.3, 0.4) is 0 Å². The molecular weight excluding hydrogens is 295 g/mol. The number of carbonyl (C=O) groups excluding carboxylic acids is 1. The third-order valence-corrected chi connectivity index (χ3v) is 4.01. The number of Topliss-reactive ketones (excluding diaryl/α,β-unsaturated/α-hetero) is 1. The molecule has 0 atom stereocenters. The van der Waals surface area contributed by atoms with Crippen LogP contribution in [0.2, 0.25) is 10.0 Å². The SMILES string of the molecule is Cc1cc(C(=O)CNc2cc(Cl)ccc2Cl)c(C)n1C. The summed E-state index contributed by atoms with van der Waals surface area (Å²) in [6.07, 6.45) is 0. The third-order valence-electron chi connectivity index (χ3n) is 3.44. The highest BCUT2D eigenvalue weighted by Crippen LogP contribution is 2.25. The summed E-state index contributed by atoms with van der Waals surface area (Å²) in [5.41, 5.74) is 3.42. The van der Waals surface area contributed by atoms with Crippen molar-refractivity contribution in [3.8, 4) is 0 Å². The zero-order valence-corrected chi connectivity index (χ0v) is 13.1. The number of hydrogen-bond donors (Lipinski definition) is 1. The second-order valence-electron chi connectivity index (χ2n) is 4.74. The van der Waals surface area contributed by atoms with Gasteiger partial charge in [-0.15, -0.1) is 0 Å². The summed E-state index contributed by atoms with van der Waals surface area (Å²) in [5.74, 6) is 0.0299. The summed E-state index contributed by atoms with van der Waals surface area (Å²) in [4.78, 5) is 12.2. The van der Waals surface area contributed by atoms with E-state index in [2.05, 4.69) is 5.32 Å². The monoisotopic (exact) mass is 310 g/mol. The minimum absolute atomic E-state index is 0.0299.